The first-order valence-electron chi connectivity index (χ1n) is 8.38. The summed E-state index contributed by atoms with van der Waals surface area (Å²) in [7, 11) is 0. The molecule has 8 heteroatoms. The molecule has 1 fully saturated rings. The van der Waals surface area contributed by atoms with Crippen LogP contribution < -0.4 is 0 Å². The molecule has 0 aromatic heterocycles. The van der Waals surface area contributed by atoms with Gasteiger partial charge in [-0.2, -0.15) is 11.8 Å². The standard InChI is InChI=1S/C18H21FN2O4S/c1-26-11-16(22)17(23)20-8-6-13(7-9-20)12-2-4-14(5-3-12)15-10-25-18(24)21(15)19/h2-6,15-16,22H,7-11H2,1H3. The van der Waals surface area contributed by atoms with E-state index in [1.165, 1.54) is 11.8 Å². The molecule has 0 radical (unpaired) electrons. The van der Waals surface area contributed by atoms with Crippen LogP contribution in [0.3, 0.4) is 0 Å². The zero-order valence-corrected chi connectivity index (χ0v) is 15.2. The van der Waals surface area contributed by atoms with E-state index in [-0.39, 0.29) is 17.6 Å². The number of rotatable bonds is 5. The minimum absolute atomic E-state index is 0.00677. The maximum Gasteiger partial charge on any atom is 0.438 e. The van der Waals surface area contributed by atoms with Gasteiger partial charge in [0.1, 0.15) is 18.8 Å². The van der Waals surface area contributed by atoms with Gasteiger partial charge in [-0.15, -0.1) is 5.12 Å². The third-order valence-electron chi connectivity index (χ3n) is 4.61. The van der Waals surface area contributed by atoms with Crippen molar-refractivity contribution in [2.75, 3.05) is 31.7 Å². The van der Waals surface area contributed by atoms with Gasteiger partial charge in [0.2, 0.25) is 0 Å². The highest BCUT2D eigenvalue weighted by molar-refractivity contribution is 7.98. The molecule has 140 valence electrons. The number of ether oxygens (including phenoxy) is 1. The van der Waals surface area contributed by atoms with Gasteiger partial charge in [-0.05, 0) is 29.4 Å². The van der Waals surface area contributed by atoms with E-state index in [9.17, 15) is 19.2 Å². The molecule has 0 aliphatic carbocycles. The highest BCUT2D eigenvalue weighted by Gasteiger charge is 2.34. The molecule has 2 heterocycles. The van der Waals surface area contributed by atoms with E-state index in [0.717, 1.165) is 11.1 Å². The van der Waals surface area contributed by atoms with Crippen LogP contribution in [-0.4, -0.2) is 64.9 Å². The summed E-state index contributed by atoms with van der Waals surface area (Å²) >= 11 is 1.44. The zero-order valence-electron chi connectivity index (χ0n) is 14.4. The molecule has 0 spiro atoms. The van der Waals surface area contributed by atoms with Crippen molar-refractivity contribution < 1.29 is 23.9 Å². The molecule has 0 bridgehead atoms. The number of aliphatic hydroxyl groups is 1. The lowest BCUT2D eigenvalue weighted by Gasteiger charge is -2.28. The molecular formula is C18H21FN2O4S. The molecule has 3 rings (SSSR count). The topological polar surface area (TPSA) is 70.1 Å². The minimum atomic E-state index is -0.959. The molecule has 2 unspecified atom stereocenters. The molecule has 1 N–H and O–H groups in total. The Morgan fingerprint density at radius 3 is 2.69 bits per heavy atom. The fourth-order valence-electron chi connectivity index (χ4n) is 3.12. The molecule has 2 aliphatic heterocycles. The van der Waals surface area contributed by atoms with Gasteiger partial charge in [0.05, 0.1) is 0 Å². The van der Waals surface area contributed by atoms with Gasteiger partial charge in [-0.1, -0.05) is 34.8 Å². The molecule has 2 aliphatic rings. The average Bonchev–Trinajstić information content (AvgIpc) is 3.00. The van der Waals surface area contributed by atoms with Crippen molar-refractivity contribution in [3.8, 4) is 0 Å². The van der Waals surface area contributed by atoms with Crippen LogP contribution in [0.15, 0.2) is 30.3 Å². The largest absolute Gasteiger partial charge is 0.445 e. The molecule has 6 nitrogen and oxygen atoms in total. The number of nitrogens with zero attached hydrogens (tertiary/aromatic N) is 2. The first-order valence-corrected chi connectivity index (χ1v) is 9.77. The van der Waals surface area contributed by atoms with Gasteiger partial charge >= 0.3 is 6.09 Å². The van der Waals surface area contributed by atoms with Crippen molar-refractivity contribution in [3.63, 3.8) is 0 Å². The number of thioether (sulfide) groups is 1. The Balaban J connectivity index is 1.64. The van der Waals surface area contributed by atoms with Crippen LogP contribution in [0.2, 0.25) is 0 Å². The number of aliphatic hydroxyl groups excluding tert-OH is 1. The Bertz CT molecular complexity index is 710. The summed E-state index contributed by atoms with van der Waals surface area (Å²) in [6, 6.07) is 6.64. The lowest BCUT2D eigenvalue weighted by atomic mass is 9.97. The van der Waals surface area contributed by atoms with Crippen molar-refractivity contribution >= 4 is 29.3 Å². The zero-order chi connectivity index (χ0) is 18.7. The Labute approximate surface area is 155 Å². The molecule has 26 heavy (non-hydrogen) atoms. The van der Waals surface area contributed by atoms with Crippen molar-refractivity contribution in [2.45, 2.75) is 18.6 Å². The number of benzene rings is 1. The summed E-state index contributed by atoms with van der Waals surface area (Å²) in [4.78, 5) is 24.9. The van der Waals surface area contributed by atoms with E-state index in [0.29, 0.717) is 30.8 Å². The molecule has 2 amide bonds. The van der Waals surface area contributed by atoms with Crippen LogP contribution in [0, 0.1) is 0 Å². The third-order valence-corrected chi connectivity index (χ3v) is 5.26. The normalized spacial score (nSPS) is 21.4. The van der Waals surface area contributed by atoms with E-state index < -0.39 is 18.2 Å². The number of carbonyl (C=O) groups is 2. The smallest absolute Gasteiger partial charge is 0.438 e. The average molecular weight is 380 g/mol. The molecule has 1 aromatic carbocycles. The van der Waals surface area contributed by atoms with Crippen LogP contribution in [0.4, 0.5) is 9.28 Å². The van der Waals surface area contributed by atoms with Crippen molar-refractivity contribution in [2.24, 2.45) is 0 Å². The molecule has 1 saturated heterocycles. The van der Waals surface area contributed by atoms with Crippen molar-refractivity contribution in [3.05, 3.63) is 41.5 Å². The second-order valence-electron chi connectivity index (χ2n) is 6.26. The molecular weight excluding hydrogens is 359 g/mol. The number of amides is 2. The first-order chi connectivity index (χ1) is 12.5. The van der Waals surface area contributed by atoms with Gasteiger partial charge in [0.25, 0.3) is 5.91 Å². The number of hydrogen-bond acceptors (Lipinski definition) is 5. The van der Waals surface area contributed by atoms with Crippen LogP contribution in [0.5, 0.6) is 0 Å². The van der Waals surface area contributed by atoms with Gasteiger partial charge in [-0.25, -0.2) is 4.79 Å². The Kier molecular flexibility index (Phi) is 5.83. The number of cyclic esters (lactones) is 1. The predicted molar refractivity (Wildman–Crippen MR) is 97.0 cm³/mol. The predicted octanol–water partition coefficient (Wildman–Crippen LogP) is 2.40. The minimum Gasteiger partial charge on any atom is -0.445 e. The first kappa shape index (κ1) is 18.7. The summed E-state index contributed by atoms with van der Waals surface area (Å²) in [5.41, 5.74) is 2.78. The fraction of sp³-hybridized carbons (Fsp3) is 0.444. The second kappa shape index (κ2) is 8.09. The van der Waals surface area contributed by atoms with E-state index >= 15 is 0 Å². The molecule has 1 aromatic rings. The highest BCUT2D eigenvalue weighted by Crippen LogP contribution is 2.30. The molecule has 2 atom stereocenters. The van der Waals surface area contributed by atoms with Gasteiger partial charge in [-0.3, -0.25) is 4.79 Å². The maximum absolute atomic E-state index is 13.6. The summed E-state index contributed by atoms with van der Waals surface area (Å²) < 4.78 is 18.3. The fourth-order valence-corrected chi connectivity index (χ4v) is 3.58. The summed E-state index contributed by atoms with van der Waals surface area (Å²) in [5.74, 6) is 0.158. The van der Waals surface area contributed by atoms with Gasteiger partial charge in [0, 0.05) is 18.8 Å². The summed E-state index contributed by atoms with van der Waals surface area (Å²) in [5, 5.41) is 9.94. The monoisotopic (exact) mass is 380 g/mol. The quantitative estimate of drug-likeness (QED) is 0.795. The Hall–Kier alpha value is -2.06. The lowest BCUT2D eigenvalue weighted by molar-refractivity contribution is -0.138. The van der Waals surface area contributed by atoms with Gasteiger partial charge in [0.15, 0.2) is 0 Å². The highest BCUT2D eigenvalue weighted by atomic mass is 32.2. The summed E-state index contributed by atoms with van der Waals surface area (Å²) in [6.07, 6.45) is 2.61. The Morgan fingerprint density at radius 2 is 2.15 bits per heavy atom. The maximum atomic E-state index is 13.6. The number of hydrogen-bond donors (Lipinski definition) is 1. The van der Waals surface area contributed by atoms with E-state index in [2.05, 4.69) is 0 Å². The second-order valence-corrected chi connectivity index (χ2v) is 7.17. The van der Waals surface area contributed by atoms with Crippen molar-refractivity contribution in [1.29, 1.82) is 0 Å². The van der Waals surface area contributed by atoms with Crippen LogP contribution in [0.1, 0.15) is 23.6 Å². The SMILES string of the molecule is CSCC(O)C(=O)N1CC=C(c2ccc(C3COC(=O)N3F)cc2)CC1. The molecule has 0 saturated carbocycles. The van der Waals surface area contributed by atoms with Crippen LogP contribution in [-0.2, 0) is 9.53 Å². The number of halogens is 1. The Morgan fingerprint density at radius 1 is 1.42 bits per heavy atom. The van der Waals surface area contributed by atoms with E-state index in [1.54, 1.807) is 17.0 Å². The van der Waals surface area contributed by atoms with Crippen LogP contribution >= 0.6 is 11.8 Å². The third kappa shape index (κ3) is 3.86. The lowest BCUT2D eigenvalue weighted by Crippen LogP contribution is -2.42. The van der Waals surface area contributed by atoms with Crippen molar-refractivity contribution in [1.82, 2.24) is 10.0 Å². The van der Waals surface area contributed by atoms with Crippen LogP contribution in [0.25, 0.3) is 5.57 Å². The number of carbonyl (C=O) groups excluding carboxylic acids is 2. The van der Waals surface area contributed by atoms with Gasteiger partial charge < -0.3 is 14.7 Å². The van der Waals surface area contributed by atoms with E-state index in [1.807, 2.05) is 24.5 Å². The van der Waals surface area contributed by atoms with E-state index in [4.69, 9.17) is 4.74 Å². The summed E-state index contributed by atoms with van der Waals surface area (Å²) in [6.45, 7) is 1.03.